The second kappa shape index (κ2) is 16.6. The van der Waals surface area contributed by atoms with Crippen molar-refractivity contribution in [3.8, 4) is 28.3 Å². The largest absolute Gasteiger partial charge is 0.479 e. The quantitative estimate of drug-likeness (QED) is 0.133. The summed E-state index contributed by atoms with van der Waals surface area (Å²) in [6.07, 6.45) is 17.8. The molecule has 0 bridgehead atoms. The number of aromatic nitrogens is 2. The first-order valence-electron chi connectivity index (χ1n) is 14.5. The van der Waals surface area contributed by atoms with Crippen molar-refractivity contribution >= 4 is 5.97 Å². The lowest BCUT2D eigenvalue weighted by Gasteiger charge is -2.13. The molecule has 0 fully saturated rings. The summed E-state index contributed by atoms with van der Waals surface area (Å²) >= 11 is 0. The summed E-state index contributed by atoms with van der Waals surface area (Å²) in [5, 5.41) is 0. The van der Waals surface area contributed by atoms with Gasteiger partial charge in [0.15, 0.2) is 11.9 Å². The molecule has 0 radical (unpaired) electrons. The monoisotopic (exact) mass is 516 g/mol. The molecule has 0 aliphatic carbocycles. The van der Waals surface area contributed by atoms with Crippen molar-refractivity contribution < 1.29 is 14.3 Å². The van der Waals surface area contributed by atoms with Gasteiger partial charge in [0, 0.05) is 23.5 Å². The zero-order chi connectivity index (χ0) is 27.0. The first-order chi connectivity index (χ1) is 18.6. The zero-order valence-corrected chi connectivity index (χ0v) is 23.5. The van der Waals surface area contributed by atoms with E-state index >= 15 is 0 Å². The average Bonchev–Trinajstić information content (AvgIpc) is 2.95. The topological polar surface area (TPSA) is 61.3 Å². The standard InChI is InChI=1S/C33H44N2O3/c1-4-6-7-8-9-10-11-12-13-14-15-27-16-18-29(19-17-27)32-34-24-30(25-35-32)28-20-22-31(23-21-28)38-26(3)33(36)37-5-2/h16-26H,4-15H2,1-3H3. The fourth-order valence-electron chi connectivity index (χ4n) is 4.50. The van der Waals surface area contributed by atoms with Gasteiger partial charge in [-0.25, -0.2) is 14.8 Å². The van der Waals surface area contributed by atoms with Gasteiger partial charge in [0.1, 0.15) is 5.75 Å². The predicted molar refractivity (Wildman–Crippen MR) is 155 cm³/mol. The van der Waals surface area contributed by atoms with Gasteiger partial charge >= 0.3 is 5.97 Å². The lowest BCUT2D eigenvalue weighted by atomic mass is 10.0. The van der Waals surface area contributed by atoms with Crippen LogP contribution in [0.5, 0.6) is 5.75 Å². The van der Waals surface area contributed by atoms with Crippen molar-refractivity contribution in [1.29, 1.82) is 0 Å². The molecule has 1 heterocycles. The van der Waals surface area contributed by atoms with E-state index in [4.69, 9.17) is 9.47 Å². The van der Waals surface area contributed by atoms with Gasteiger partial charge in [-0.15, -0.1) is 0 Å². The molecule has 1 unspecified atom stereocenters. The molecule has 0 aliphatic rings. The van der Waals surface area contributed by atoms with Gasteiger partial charge in [0.25, 0.3) is 0 Å². The van der Waals surface area contributed by atoms with E-state index in [9.17, 15) is 4.79 Å². The van der Waals surface area contributed by atoms with E-state index in [1.54, 1.807) is 13.8 Å². The Balaban J connectivity index is 1.42. The molecule has 5 heteroatoms. The van der Waals surface area contributed by atoms with E-state index in [-0.39, 0.29) is 5.97 Å². The van der Waals surface area contributed by atoms with E-state index in [1.807, 2.05) is 36.7 Å². The second-order valence-corrected chi connectivity index (χ2v) is 9.96. The zero-order valence-electron chi connectivity index (χ0n) is 23.5. The number of hydrogen-bond donors (Lipinski definition) is 0. The summed E-state index contributed by atoms with van der Waals surface area (Å²) in [6.45, 7) is 6.08. The van der Waals surface area contributed by atoms with E-state index in [0.717, 1.165) is 28.9 Å². The molecule has 2 aromatic carbocycles. The van der Waals surface area contributed by atoms with Crippen LogP contribution in [-0.2, 0) is 16.0 Å². The summed E-state index contributed by atoms with van der Waals surface area (Å²) in [5.41, 5.74) is 4.32. The van der Waals surface area contributed by atoms with Gasteiger partial charge in [-0.3, -0.25) is 0 Å². The maximum Gasteiger partial charge on any atom is 0.347 e. The maximum atomic E-state index is 11.8. The third-order valence-electron chi connectivity index (χ3n) is 6.80. The molecule has 3 rings (SSSR count). The van der Waals surface area contributed by atoms with Crippen molar-refractivity contribution in [2.45, 2.75) is 97.5 Å². The SMILES string of the molecule is CCCCCCCCCCCCc1ccc(-c2ncc(-c3ccc(OC(C)C(=O)OCC)cc3)cn2)cc1. The molecule has 0 N–H and O–H groups in total. The Bertz CT molecular complexity index is 1060. The summed E-state index contributed by atoms with van der Waals surface area (Å²) in [4.78, 5) is 20.9. The summed E-state index contributed by atoms with van der Waals surface area (Å²) in [7, 11) is 0. The molecule has 0 spiro atoms. The first-order valence-corrected chi connectivity index (χ1v) is 14.5. The minimum Gasteiger partial charge on any atom is -0.479 e. The number of carbonyl (C=O) groups is 1. The molecule has 0 saturated heterocycles. The molecule has 3 aromatic rings. The van der Waals surface area contributed by atoms with Crippen LogP contribution in [0.15, 0.2) is 60.9 Å². The van der Waals surface area contributed by atoms with Crippen LogP contribution in [0.25, 0.3) is 22.5 Å². The number of carbonyl (C=O) groups excluding carboxylic acids is 1. The van der Waals surface area contributed by atoms with Crippen LogP contribution in [0, 0.1) is 0 Å². The van der Waals surface area contributed by atoms with E-state index in [0.29, 0.717) is 12.4 Å². The Morgan fingerprint density at radius 3 is 1.84 bits per heavy atom. The van der Waals surface area contributed by atoms with Crippen LogP contribution in [0.3, 0.4) is 0 Å². The van der Waals surface area contributed by atoms with Gasteiger partial charge in [0.2, 0.25) is 0 Å². The van der Waals surface area contributed by atoms with Crippen LogP contribution in [-0.4, -0.2) is 28.6 Å². The minimum atomic E-state index is -0.648. The van der Waals surface area contributed by atoms with E-state index in [2.05, 4.69) is 41.2 Å². The van der Waals surface area contributed by atoms with Crippen LogP contribution in [0.1, 0.15) is 90.5 Å². The highest BCUT2D eigenvalue weighted by Gasteiger charge is 2.15. The highest BCUT2D eigenvalue weighted by atomic mass is 16.6. The van der Waals surface area contributed by atoms with Crippen molar-refractivity contribution in [3.05, 3.63) is 66.5 Å². The predicted octanol–water partition coefficient (Wildman–Crippen LogP) is 8.60. The maximum absolute atomic E-state index is 11.8. The number of unbranched alkanes of at least 4 members (excludes halogenated alkanes) is 9. The molecule has 1 atom stereocenters. The Morgan fingerprint density at radius 1 is 0.711 bits per heavy atom. The Kier molecular flexibility index (Phi) is 12.8. The molecule has 1 aromatic heterocycles. The molecule has 0 saturated carbocycles. The van der Waals surface area contributed by atoms with Crippen molar-refractivity contribution in [3.63, 3.8) is 0 Å². The number of esters is 1. The molecular formula is C33H44N2O3. The van der Waals surface area contributed by atoms with Crippen molar-refractivity contribution in [2.24, 2.45) is 0 Å². The average molecular weight is 517 g/mol. The Morgan fingerprint density at radius 2 is 1.26 bits per heavy atom. The molecule has 204 valence electrons. The third-order valence-corrected chi connectivity index (χ3v) is 6.80. The van der Waals surface area contributed by atoms with Gasteiger partial charge in [-0.2, -0.15) is 0 Å². The van der Waals surface area contributed by atoms with Crippen LogP contribution >= 0.6 is 0 Å². The third kappa shape index (κ3) is 9.92. The number of rotatable bonds is 17. The lowest BCUT2D eigenvalue weighted by Crippen LogP contribution is -2.25. The highest BCUT2D eigenvalue weighted by molar-refractivity contribution is 5.74. The Labute approximate surface area is 229 Å². The number of nitrogens with zero attached hydrogens (tertiary/aromatic N) is 2. The van der Waals surface area contributed by atoms with Gasteiger partial charge in [-0.1, -0.05) is 101 Å². The number of hydrogen-bond acceptors (Lipinski definition) is 5. The highest BCUT2D eigenvalue weighted by Crippen LogP contribution is 2.24. The molecule has 38 heavy (non-hydrogen) atoms. The molecular weight excluding hydrogens is 472 g/mol. The molecule has 5 nitrogen and oxygen atoms in total. The number of aryl methyl sites for hydroxylation is 1. The smallest absolute Gasteiger partial charge is 0.347 e. The normalized spacial score (nSPS) is 11.8. The van der Waals surface area contributed by atoms with Gasteiger partial charge in [-0.05, 0) is 49.9 Å². The van der Waals surface area contributed by atoms with Crippen molar-refractivity contribution in [2.75, 3.05) is 6.61 Å². The van der Waals surface area contributed by atoms with Crippen LogP contribution in [0.2, 0.25) is 0 Å². The summed E-state index contributed by atoms with van der Waals surface area (Å²) in [5.74, 6) is 0.972. The Hall–Kier alpha value is -3.21. The second-order valence-electron chi connectivity index (χ2n) is 9.96. The molecule has 0 aliphatic heterocycles. The number of ether oxygens (including phenoxy) is 2. The first kappa shape index (κ1) is 29.3. The van der Waals surface area contributed by atoms with Gasteiger partial charge < -0.3 is 9.47 Å². The van der Waals surface area contributed by atoms with E-state index < -0.39 is 6.10 Å². The summed E-state index contributed by atoms with van der Waals surface area (Å²) < 4.78 is 10.6. The lowest BCUT2D eigenvalue weighted by molar-refractivity contribution is -0.150. The number of benzene rings is 2. The van der Waals surface area contributed by atoms with E-state index in [1.165, 1.54) is 69.8 Å². The molecule has 0 amide bonds. The fraction of sp³-hybridized carbons (Fsp3) is 0.485. The van der Waals surface area contributed by atoms with Crippen LogP contribution < -0.4 is 4.74 Å². The van der Waals surface area contributed by atoms with Crippen molar-refractivity contribution in [1.82, 2.24) is 9.97 Å². The fourth-order valence-corrected chi connectivity index (χ4v) is 4.50. The minimum absolute atomic E-state index is 0.338. The summed E-state index contributed by atoms with van der Waals surface area (Å²) in [6, 6.07) is 16.2. The van der Waals surface area contributed by atoms with Gasteiger partial charge in [0.05, 0.1) is 6.61 Å². The van der Waals surface area contributed by atoms with Crippen LogP contribution in [0.4, 0.5) is 0 Å².